The van der Waals surface area contributed by atoms with E-state index in [1.54, 1.807) is 13.8 Å². The summed E-state index contributed by atoms with van der Waals surface area (Å²) in [5, 5.41) is 19.2. The first-order valence-corrected chi connectivity index (χ1v) is 4.26. The van der Waals surface area contributed by atoms with Gasteiger partial charge in [-0.3, -0.25) is 0 Å². The number of aliphatic hydroxyl groups excluding tert-OH is 1. The zero-order chi connectivity index (χ0) is 11.4. The van der Waals surface area contributed by atoms with E-state index < -0.39 is 18.4 Å². The number of hydrogen-bond donors (Lipinski definition) is 3. The quantitative estimate of drug-likeness (QED) is 0.591. The summed E-state index contributed by atoms with van der Waals surface area (Å²) >= 11 is 0. The maximum Gasteiger partial charge on any atom is 0.375 e. The number of halogens is 2. The number of aliphatic hydroxyl groups is 1. The van der Waals surface area contributed by atoms with E-state index in [1.165, 1.54) is 0 Å². The summed E-state index contributed by atoms with van der Waals surface area (Å²) in [6.07, 6.45) is 0. The van der Waals surface area contributed by atoms with Crippen molar-refractivity contribution >= 4 is 5.97 Å². The monoisotopic (exact) mass is 211 g/mol. The molecule has 0 amide bonds. The van der Waals surface area contributed by atoms with Crippen LogP contribution in [0.2, 0.25) is 0 Å². The molecule has 0 aromatic heterocycles. The molecule has 0 aromatic carbocycles. The van der Waals surface area contributed by atoms with Crippen LogP contribution < -0.4 is 5.32 Å². The lowest BCUT2D eigenvalue weighted by Crippen LogP contribution is -2.45. The summed E-state index contributed by atoms with van der Waals surface area (Å²) in [5.74, 6) is -6.10. The van der Waals surface area contributed by atoms with E-state index in [-0.39, 0.29) is 18.6 Å². The molecule has 0 aliphatic rings. The van der Waals surface area contributed by atoms with Crippen molar-refractivity contribution in [1.29, 1.82) is 0 Å². The summed E-state index contributed by atoms with van der Waals surface area (Å²) in [6.45, 7) is 2.23. The van der Waals surface area contributed by atoms with Crippen LogP contribution in [0.25, 0.3) is 0 Å². The van der Waals surface area contributed by atoms with Crippen molar-refractivity contribution in [3.63, 3.8) is 0 Å². The molecular weight excluding hydrogens is 196 g/mol. The maximum atomic E-state index is 12.5. The van der Waals surface area contributed by atoms with Crippen LogP contribution >= 0.6 is 0 Å². The normalized spacial score (nSPS) is 16.4. The number of rotatable bonds is 6. The average molecular weight is 211 g/mol. The first-order valence-electron chi connectivity index (χ1n) is 4.26. The largest absolute Gasteiger partial charge is 0.477 e. The lowest BCUT2D eigenvalue weighted by atomic mass is 10.1. The van der Waals surface area contributed by atoms with E-state index in [1.807, 2.05) is 0 Å². The molecule has 84 valence electrons. The van der Waals surface area contributed by atoms with Crippen LogP contribution in [-0.2, 0) is 4.79 Å². The average Bonchev–Trinajstić information content (AvgIpc) is 2.12. The molecule has 0 heterocycles. The van der Waals surface area contributed by atoms with Crippen LogP contribution in [0.3, 0.4) is 0 Å². The van der Waals surface area contributed by atoms with Gasteiger partial charge in [0.1, 0.15) is 0 Å². The fourth-order valence-electron chi connectivity index (χ4n) is 0.724. The summed E-state index contributed by atoms with van der Waals surface area (Å²) in [6, 6.07) is -0.356. The Labute approximate surface area is 80.9 Å². The lowest BCUT2D eigenvalue weighted by molar-refractivity contribution is -0.164. The Morgan fingerprint density at radius 3 is 2.36 bits per heavy atom. The Morgan fingerprint density at radius 2 is 2.00 bits per heavy atom. The Hall–Kier alpha value is -0.750. The van der Waals surface area contributed by atoms with E-state index in [4.69, 9.17) is 10.2 Å². The number of nitrogens with one attached hydrogen (secondary N) is 1. The van der Waals surface area contributed by atoms with Gasteiger partial charge in [0, 0.05) is 12.6 Å². The molecule has 6 heteroatoms. The number of carboxylic acids is 1. The fourth-order valence-corrected chi connectivity index (χ4v) is 0.724. The maximum absolute atomic E-state index is 12.5. The second-order valence-electron chi connectivity index (χ2n) is 3.34. The summed E-state index contributed by atoms with van der Waals surface area (Å²) in [4.78, 5) is 10.0. The first-order chi connectivity index (χ1) is 6.31. The molecule has 0 spiro atoms. The third-order valence-corrected chi connectivity index (χ3v) is 2.10. The zero-order valence-electron chi connectivity index (χ0n) is 8.13. The predicted molar refractivity (Wildman–Crippen MR) is 46.3 cm³/mol. The van der Waals surface area contributed by atoms with Crippen molar-refractivity contribution in [3.05, 3.63) is 0 Å². The first kappa shape index (κ1) is 13.2. The van der Waals surface area contributed by atoms with Crippen molar-refractivity contribution in [2.75, 3.05) is 13.2 Å². The molecule has 0 aromatic rings. The highest BCUT2D eigenvalue weighted by Gasteiger charge is 2.38. The Balaban J connectivity index is 3.99. The van der Waals surface area contributed by atoms with Crippen molar-refractivity contribution in [1.82, 2.24) is 5.32 Å². The van der Waals surface area contributed by atoms with Crippen LogP contribution in [0.4, 0.5) is 8.78 Å². The van der Waals surface area contributed by atoms with Crippen LogP contribution in [0.5, 0.6) is 0 Å². The molecule has 4 nitrogen and oxygen atoms in total. The minimum Gasteiger partial charge on any atom is -0.477 e. The highest BCUT2D eigenvalue weighted by molar-refractivity contribution is 5.75. The molecule has 0 fully saturated rings. The third kappa shape index (κ3) is 3.97. The van der Waals surface area contributed by atoms with Crippen LogP contribution in [0, 0.1) is 5.92 Å². The molecule has 0 rings (SSSR count). The fraction of sp³-hybridized carbons (Fsp3) is 0.875. The van der Waals surface area contributed by atoms with Crippen molar-refractivity contribution < 1.29 is 23.8 Å². The van der Waals surface area contributed by atoms with Gasteiger partial charge in [-0.15, -0.1) is 0 Å². The topological polar surface area (TPSA) is 69.6 Å². The smallest absolute Gasteiger partial charge is 0.375 e. The minimum absolute atomic E-state index is 0.132. The third-order valence-electron chi connectivity index (χ3n) is 2.10. The highest BCUT2D eigenvalue weighted by atomic mass is 19.3. The second-order valence-corrected chi connectivity index (χ2v) is 3.34. The Bertz CT molecular complexity index is 199. The van der Waals surface area contributed by atoms with Crippen molar-refractivity contribution in [2.45, 2.75) is 25.8 Å². The van der Waals surface area contributed by atoms with Crippen LogP contribution in [-0.4, -0.2) is 41.3 Å². The highest BCUT2D eigenvalue weighted by Crippen LogP contribution is 2.12. The SMILES string of the molecule is CC(CO)C(C)NCC(F)(F)C(=O)O. The molecule has 2 atom stereocenters. The van der Waals surface area contributed by atoms with Gasteiger partial charge in [-0.1, -0.05) is 6.92 Å². The van der Waals surface area contributed by atoms with Gasteiger partial charge < -0.3 is 15.5 Å². The van der Waals surface area contributed by atoms with Gasteiger partial charge >= 0.3 is 11.9 Å². The standard InChI is InChI=1S/C8H15F2NO3/c1-5(3-12)6(2)11-4-8(9,10)7(13)14/h5-6,11-12H,3-4H2,1-2H3,(H,13,14). The minimum atomic E-state index is -3.76. The van der Waals surface area contributed by atoms with Crippen molar-refractivity contribution in [2.24, 2.45) is 5.92 Å². The Morgan fingerprint density at radius 1 is 1.50 bits per heavy atom. The van der Waals surface area contributed by atoms with Gasteiger partial charge in [0.2, 0.25) is 0 Å². The van der Waals surface area contributed by atoms with Gasteiger partial charge in [0.05, 0.1) is 6.54 Å². The van der Waals surface area contributed by atoms with Crippen LogP contribution in [0.1, 0.15) is 13.8 Å². The molecular formula is C8H15F2NO3. The number of alkyl halides is 2. The van der Waals surface area contributed by atoms with Crippen LogP contribution in [0.15, 0.2) is 0 Å². The number of aliphatic carboxylic acids is 1. The van der Waals surface area contributed by atoms with Gasteiger partial charge in [0.15, 0.2) is 0 Å². The van der Waals surface area contributed by atoms with Gasteiger partial charge in [-0.05, 0) is 12.8 Å². The Kier molecular flexibility index (Phi) is 4.93. The van der Waals surface area contributed by atoms with Gasteiger partial charge in [-0.25, -0.2) is 4.79 Å². The molecule has 0 aliphatic heterocycles. The number of carboxylic acid groups (broad SMARTS) is 1. The van der Waals surface area contributed by atoms with Gasteiger partial charge in [0.25, 0.3) is 0 Å². The zero-order valence-corrected chi connectivity index (χ0v) is 8.13. The van der Waals surface area contributed by atoms with E-state index >= 15 is 0 Å². The molecule has 0 saturated carbocycles. The molecule has 0 bridgehead atoms. The van der Waals surface area contributed by atoms with E-state index in [2.05, 4.69) is 5.32 Å². The predicted octanol–water partition coefficient (Wildman–Crippen LogP) is 0.313. The van der Waals surface area contributed by atoms with E-state index in [0.717, 1.165) is 0 Å². The second kappa shape index (κ2) is 5.21. The summed E-state index contributed by atoms with van der Waals surface area (Å²) in [5.41, 5.74) is 0. The number of hydrogen-bond acceptors (Lipinski definition) is 3. The molecule has 0 radical (unpaired) electrons. The lowest BCUT2D eigenvalue weighted by Gasteiger charge is -2.21. The van der Waals surface area contributed by atoms with E-state index in [0.29, 0.717) is 0 Å². The molecule has 3 N–H and O–H groups in total. The molecule has 2 unspecified atom stereocenters. The molecule has 0 saturated heterocycles. The molecule has 14 heavy (non-hydrogen) atoms. The summed E-state index contributed by atoms with van der Waals surface area (Å²) in [7, 11) is 0. The van der Waals surface area contributed by atoms with E-state index in [9.17, 15) is 13.6 Å². The number of carbonyl (C=O) groups is 1. The van der Waals surface area contributed by atoms with Crippen molar-refractivity contribution in [3.8, 4) is 0 Å². The summed E-state index contributed by atoms with van der Waals surface area (Å²) < 4.78 is 25.1. The molecule has 0 aliphatic carbocycles. The van der Waals surface area contributed by atoms with Gasteiger partial charge in [-0.2, -0.15) is 8.78 Å².